The quantitative estimate of drug-likeness (QED) is 0.875. The van der Waals surface area contributed by atoms with Crippen molar-refractivity contribution in [2.24, 2.45) is 0 Å². The molecule has 0 aliphatic carbocycles. The molecule has 1 N–H and O–H groups in total. The highest BCUT2D eigenvalue weighted by Crippen LogP contribution is 2.29. The van der Waals surface area contributed by atoms with Crippen LogP contribution in [0.2, 0.25) is 0 Å². The lowest BCUT2D eigenvalue weighted by molar-refractivity contribution is -0.136. The molecule has 2 rings (SSSR count). The highest BCUT2D eigenvalue weighted by Gasteiger charge is 2.17. The summed E-state index contributed by atoms with van der Waals surface area (Å²) in [5, 5.41) is 8.55. The van der Waals surface area contributed by atoms with Gasteiger partial charge in [0.25, 0.3) is 0 Å². The Balaban J connectivity index is 2.56. The average molecular weight is 284 g/mol. The van der Waals surface area contributed by atoms with Crippen LogP contribution < -0.4 is 0 Å². The lowest BCUT2D eigenvalue weighted by Gasteiger charge is -2.08. The molecule has 0 saturated heterocycles. The Hall–Kier alpha value is -2.37. The van der Waals surface area contributed by atoms with E-state index >= 15 is 0 Å². The molecule has 0 radical (unpaired) electrons. The second-order valence-electron chi connectivity index (χ2n) is 4.10. The monoisotopic (exact) mass is 284 g/mol. The minimum atomic E-state index is -1.33. The van der Waals surface area contributed by atoms with E-state index in [1.807, 2.05) is 0 Å². The second-order valence-corrected chi connectivity index (χ2v) is 4.10. The average Bonchev–Trinajstić information content (AvgIpc) is 2.36. The summed E-state index contributed by atoms with van der Waals surface area (Å²) in [6.45, 7) is 0. The molecule has 0 spiro atoms. The van der Waals surface area contributed by atoms with Crippen LogP contribution in [0.3, 0.4) is 0 Å². The molecule has 0 atom stereocenters. The van der Waals surface area contributed by atoms with Gasteiger partial charge in [-0.1, -0.05) is 12.1 Å². The molecular weight excluding hydrogens is 276 g/mol. The fourth-order valence-electron chi connectivity index (χ4n) is 1.80. The lowest BCUT2D eigenvalue weighted by Crippen LogP contribution is -2.04. The predicted molar refractivity (Wildman–Crippen MR) is 63.0 cm³/mol. The van der Waals surface area contributed by atoms with Crippen molar-refractivity contribution in [1.82, 2.24) is 0 Å². The van der Waals surface area contributed by atoms with Crippen molar-refractivity contribution >= 4 is 5.97 Å². The molecule has 0 amide bonds. The minimum absolute atomic E-state index is 0.365. The van der Waals surface area contributed by atoms with Crippen LogP contribution >= 0.6 is 0 Å². The van der Waals surface area contributed by atoms with Crippen molar-refractivity contribution in [3.05, 3.63) is 59.2 Å². The summed E-state index contributed by atoms with van der Waals surface area (Å²) in [6, 6.07) is 4.45. The zero-order valence-corrected chi connectivity index (χ0v) is 9.96. The van der Waals surface area contributed by atoms with E-state index in [9.17, 15) is 22.4 Å². The molecule has 0 saturated carbocycles. The van der Waals surface area contributed by atoms with Crippen molar-refractivity contribution in [2.45, 2.75) is 6.42 Å². The van der Waals surface area contributed by atoms with Gasteiger partial charge in [-0.25, -0.2) is 17.6 Å². The summed E-state index contributed by atoms with van der Waals surface area (Å²) in [7, 11) is 0. The van der Waals surface area contributed by atoms with Crippen LogP contribution in [0.4, 0.5) is 17.6 Å². The van der Waals surface area contributed by atoms with Crippen LogP contribution in [0.1, 0.15) is 5.56 Å². The fourth-order valence-corrected chi connectivity index (χ4v) is 1.80. The van der Waals surface area contributed by atoms with Gasteiger partial charge in [0.2, 0.25) is 0 Å². The molecule has 2 aromatic carbocycles. The summed E-state index contributed by atoms with van der Waals surface area (Å²) >= 11 is 0. The van der Waals surface area contributed by atoms with E-state index in [2.05, 4.69) is 0 Å². The highest BCUT2D eigenvalue weighted by atomic mass is 19.2. The number of carboxylic acids is 1. The van der Waals surface area contributed by atoms with Gasteiger partial charge in [-0.3, -0.25) is 4.79 Å². The zero-order valence-electron chi connectivity index (χ0n) is 9.96. The van der Waals surface area contributed by atoms with Crippen molar-refractivity contribution in [1.29, 1.82) is 0 Å². The number of hydrogen-bond acceptors (Lipinski definition) is 1. The molecule has 0 aromatic heterocycles. The summed E-state index contributed by atoms with van der Waals surface area (Å²) in [5.74, 6) is -5.82. The third kappa shape index (κ3) is 2.64. The number of halogens is 4. The Bertz CT molecular complexity index is 683. The first kappa shape index (κ1) is 14.0. The fraction of sp³-hybridized carbons (Fsp3) is 0.0714. The highest BCUT2D eigenvalue weighted by molar-refractivity contribution is 5.71. The molecule has 2 aromatic rings. The maximum absolute atomic E-state index is 13.8. The van der Waals surface area contributed by atoms with Gasteiger partial charge in [0, 0.05) is 16.7 Å². The van der Waals surface area contributed by atoms with Crippen molar-refractivity contribution in [3.8, 4) is 11.1 Å². The van der Waals surface area contributed by atoms with E-state index in [-0.39, 0.29) is 5.56 Å². The SMILES string of the molecule is O=C(O)Cc1cc(F)c(-c2cccc(F)c2F)cc1F. The third-order valence-corrected chi connectivity index (χ3v) is 2.72. The molecule has 0 unspecified atom stereocenters. The Morgan fingerprint density at radius 1 is 0.950 bits per heavy atom. The topological polar surface area (TPSA) is 37.3 Å². The molecule has 0 aliphatic heterocycles. The maximum atomic E-state index is 13.8. The Morgan fingerprint density at radius 2 is 1.65 bits per heavy atom. The van der Waals surface area contributed by atoms with E-state index in [4.69, 9.17) is 5.11 Å². The van der Waals surface area contributed by atoms with Crippen LogP contribution in [-0.2, 0) is 11.2 Å². The number of rotatable bonds is 3. The molecular formula is C14H8F4O2. The summed E-state index contributed by atoms with van der Waals surface area (Å²) in [6.07, 6.45) is -0.700. The molecule has 20 heavy (non-hydrogen) atoms. The van der Waals surface area contributed by atoms with Crippen LogP contribution in [-0.4, -0.2) is 11.1 Å². The first-order chi connectivity index (χ1) is 9.40. The maximum Gasteiger partial charge on any atom is 0.307 e. The minimum Gasteiger partial charge on any atom is -0.481 e. The van der Waals surface area contributed by atoms with Gasteiger partial charge in [0.05, 0.1) is 6.42 Å². The molecule has 0 heterocycles. The van der Waals surface area contributed by atoms with Crippen LogP contribution in [0.25, 0.3) is 11.1 Å². The lowest BCUT2D eigenvalue weighted by atomic mass is 10.0. The Labute approximate surface area is 111 Å². The number of hydrogen-bond donors (Lipinski definition) is 1. The van der Waals surface area contributed by atoms with Gasteiger partial charge < -0.3 is 5.11 Å². The smallest absolute Gasteiger partial charge is 0.307 e. The predicted octanol–water partition coefficient (Wildman–Crippen LogP) is 3.54. The zero-order chi connectivity index (χ0) is 14.9. The van der Waals surface area contributed by atoms with E-state index in [1.165, 1.54) is 0 Å². The van der Waals surface area contributed by atoms with E-state index in [0.29, 0.717) is 12.1 Å². The molecule has 0 aliphatic rings. The summed E-state index contributed by atoms with van der Waals surface area (Å²) in [4.78, 5) is 10.5. The van der Waals surface area contributed by atoms with Crippen molar-refractivity contribution in [2.75, 3.05) is 0 Å². The number of aliphatic carboxylic acids is 1. The largest absolute Gasteiger partial charge is 0.481 e. The van der Waals surface area contributed by atoms with Gasteiger partial charge in [0.15, 0.2) is 11.6 Å². The van der Waals surface area contributed by atoms with Gasteiger partial charge >= 0.3 is 5.97 Å². The van der Waals surface area contributed by atoms with Crippen molar-refractivity contribution in [3.63, 3.8) is 0 Å². The van der Waals surface area contributed by atoms with Gasteiger partial charge in [0.1, 0.15) is 11.6 Å². The second kappa shape index (κ2) is 5.32. The number of carbonyl (C=O) groups is 1. The standard InChI is InChI=1S/C14H8F4O2/c15-10-3-1-2-8(14(10)18)9-6-11(16)7(4-12(9)17)5-13(19)20/h1-4,6H,5H2,(H,19,20). The number of benzene rings is 2. The van der Waals surface area contributed by atoms with Crippen LogP contribution in [0.5, 0.6) is 0 Å². The molecule has 6 heteroatoms. The Morgan fingerprint density at radius 3 is 2.30 bits per heavy atom. The van der Waals surface area contributed by atoms with E-state index in [1.54, 1.807) is 0 Å². The molecule has 2 nitrogen and oxygen atoms in total. The summed E-state index contributed by atoms with van der Waals surface area (Å²) < 4.78 is 54.1. The Kier molecular flexibility index (Phi) is 3.74. The van der Waals surface area contributed by atoms with E-state index < -0.39 is 46.8 Å². The third-order valence-electron chi connectivity index (χ3n) is 2.72. The van der Waals surface area contributed by atoms with Crippen LogP contribution in [0, 0.1) is 23.3 Å². The van der Waals surface area contributed by atoms with Gasteiger partial charge in [-0.15, -0.1) is 0 Å². The van der Waals surface area contributed by atoms with Crippen LogP contribution in [0.15, 0.2) is 30.3 Å². The first-order valence-electron chi connectivity index (χ1n) is 5.54. The molecule has 0 bridgehead atoms. The van der Waals surface area contributed by atoms with Gasteiger partial charge in [-0.2, -0.15) is 0 Å². The van der Waals surface area contributed by atoms with Crippen molar-refractivity contribution < 1.29 is 27.5 Å². The molecule has 0 fully saturated rings. The van der Waals surface area contributed by atoms with Gasteiger partial charge in [-0.05, 0) is 18.2 Å². The summed E-state index contributed by atoms with van der Waals surface area (Å²) in [5.41, 5.74) is -1.26. The van der Waals surface area contributed by atoms with E-state index in [0.717, 1.165) is 18.2 Å². The first-order valence-corrected chi connectivity index (χ1v) is 5.54. The normalized spacial score (nSPS) is 10.6. The number of carboxylic acid groups (broad SMARTS) is 1. The molecule has 104 valence electrons.